The van der Waals surface area contributed by atoms with E-state index >= 15 is 0 Å². The van der Waals surface area contributed by atoms with Crippen LogP contribution in [0.4, 0.5) is 0 Å². The second kappa shape index (κ2) is 9.90. The zero-order chi connectivity index (χ0) is 20.7. The van der Waals surface area contributed by atoms with Crippen molar-refractivity contribution in [2.45, 2.75) is 32.4 Å². The van der Waals surface area contributed by atoms with Gasteiger partial charge in [-0.25, -0.2) is 4.79 Å². The summed E-state index contributed by atoms with van der Waals surface area (Å²) in [5, 5.41) is 14.9. The summed E-state index contributed by atoms with van der Waals surface area (Å²) in [4.78, 5) is 36.5. The minimum atomic E-state index is -1.10. The van der Waals surface area contributed by atoms with Crippen LogP contribution in [-0.2, 0) is 9.59 Å². The summed E-state index contributed by atoms with van der Waals surface area (Å²) >= 11 is 6.09. The predicted octanol–water partition coefficient (Wildman–Crippen LogP) is 3.43. The molecule has 2 rings (SSSR count). The standard InChI is InChI=1S/C21H23ClN2O4/c1-13(2)19(21(27)28)24-18(25)12-17(14-8-4-3-5-9-14)23-20(26)15-10-6-7-11-16(15)22/h3-11,13,17,19H,12H2,1-2H3,(H,23,26)(H,24,25)(H,27,28). The van der Waals surface area contributed by atoms with Gasteiger partial charge in [-0.1, -0.05) is 67.9 Å². The molecule has 0 aliphatic heterocycles. The number of hydrogen-bond acceptors (Lipinski definition) is 3. The van der Waals surface area contributed by atoms with Crippen LogP contribution in [0.25, 0.3) is 0 Å². The lowest BCUT2D eigenvalue weighted by Crippen LogP contribution is -2.45. The van der Waals surface area contributed by atoms with Crippen LogP contribution < -0.4 is 10.6 Å². The van der Waals surface area contributed by atoms with Crippen LogP contribution in [-0.4, -0.2) is 28.9 Å². The van der Waals surface area contributed by atoms with Crippen LogP contribution in [0.3, 0.4) is 0 Å². The van der Waals surface area contributed by atoms with Gasteiger partial charge >= 0.3 is 5.97 Å². The first-order valence-electron chi connectivity index (χ1n) is 8.92. The lowest BCUT2D eigenvalue weighted by Gasteiger charge is -2.22. The molecule has 2 aromatic rings. The lowest BCUT2D eigenvalue weighted by molar-refractivity contribution is -0.143. The summed E-state index contributed by atoms with van der Waals surface area (Å²) in [5.41, 5.74) is 1.03. The molecule has 0 radical (unpaired) electrons. The highest BCUT2D eigenvalue weighted by Crippen LogP contribution is 2.20. The number of nitrogens with one attached hydrogen (secondary N) is 2. The highest BCUT2D eigenvalue weighted by Gasteiger charge is 2.26. The number of carbonyl (C=O) groups excluding carboxylic acids is 2. The largest absolute Gasteiger partial charge is 0.480 e. The van der Waals surface area contributed by atoms with Gasteiger partial charge in [-0.15, -0.1) is 0 Å². The van der Waals surface area contributed by atoms with E-state index in [-0.39, 0.29) is 12.3 Å². The van der Waals surface area contributed by atoms with Gasteiger partial charge in [0.25, 0.3) is 5.91 Å². The third-order valence-electron chi connectivity index (χ3n) is 4.26. The highest BCUT2D eigenvalue weighted by molar-refractivity contribution is 6.33. The van der Waals surface area contributed by atoms with Crippen LogP contribution >= 0.6 is 11.6 Å². The molecule has 0 aliphatic rings. The summed E-state index contributed by atoms with van der Waals surface area (Å²) in [6.45, 7) is 3.43. The number of carboxylic acids is 1. The topological polar surface area (TPSA) is 95.5 Å². The van der Waals surface area contributed by atoms with E-state index in [1.165, 1.54) is 0 Å². The Morgan fingerprint density at radius 3 is 2.14 bits per heavy atom. The van der Waals surface area contributed by atoms with Gasteiger partial charge in [0, 0.05) is 0 Å². The Morgan fingerprint density at radius 1 is 0.964 bits per heavy atom. The predicted molar refractivity (Wildman–Crippen MR) is 107 cm³/mol. The van der Waals surface area contributed by atoms with Crippen molar-refractivity contribution in [2.24, 2.45) is 5.92 Å². The van der Waals surface area contributed by atoms with Gasteiger partial charge in [-0.05, 0) is 23.6 Å². The van der Waals surface area contributed by atoms with Gasteiger partial charge < -0.3 is 15.7 Å². The minimum Gasteiger partial charge on any atom is -0.480 e. The third kappa shape index (κ3) is 5.82. The van der Waals surface area contributed by atoms with Crippen molar-refractivity contribution in [1.82, 2.24) is 10.6 Å². The van der Waals surface area contributed by atoms with Crippen LogP contribution in [0, 0.1) is 5.92 Å². The van der Waals surface area contributed by atoms with Crippen molar-refractivity contribution in [1.29, 1.82) is 0 Å². The maximum absolute atomic E-state index is 12.6. The Bertz CT molecular complexity index is 839. The van der Waals surface area contributed by atoms with Crippen LogP contribution in [0.15, 0.2) is 54.6 Å². The first-order chi connectivity index (χ1) is 13.3. The van der Waals surface area contributed by atoms with E-state index in [0.29, 0.717) is 10.6 Å². The zero-order valence-corrected chi connectivity index (χ0v) is 16.4. The first kappa shape index (κ1) is 21.4. The molecule has 2 aromatic carbocycles. The fraction of sp³-hybridized carbons (Fsp3) is 0.286. The maximum atomic E-state index is 12.6. The van der Waals surface area contributed by atoms with Crippen molar-refractivity contribution in [3.05, 3.63) is 70.7 Å². The van der Waals surface area contributed by atoms with E-state index in [1.54, 1.807) is 62.4 Å². The van der Waals surface area contributed by atoms with Crippen molar-refractivity contribution in [3.63, 3.8) is 0 Å². The second-order valence-electron chi connectivity index (χ2n) is 6.75. The summed E-state index contributed by atoms with van der Waals surface area (Å²) in [6, 6.07) is 14.0. The van der Waals surface area contributed by atoms with Gasteiger partial charge in [0.2, 0.25) is 5.91 Å². The molecule has 0 saturated carbocycles. The van der Waals surface area contributed by atoms with Crippen LogP contribution in [0.2, 0.25) is 5.02 Å². The molecular formula is C21H23ClN2O4. The molecule has 0 heterocycles. The van der Waals surface area contributed by atoms with Gasteiger partial charge in [0.05, 0.1) is 23.0 Å². The fourth-order valence-electron chi connectivity index (χ4n) is 2.75. The number of carbonyl (C=O) groups is 3. The second-order valence-corrected chi connectivity index (χ2v) is 7.16. The number of halogens is 1. The summed E-state index contributed by atoms with van der Waals surface area (Å²) in [7, 11) is 0. The van der Waals surface area contributed by atoms with Crippen LogP contribution in [0.1, 0.15) is 42.2 Å². The molecule has 28 heavy (non-hydrogen) atoms. The van der Waals surface area contributed by atoms with Gasteiger partial charge in [0.15, 0.2) is 0 Å². The van der Waals surface area contributed by atoms with E-state index < -0.39 is 29.9 Å². The van der Waals surface area contributed by atoms with Crippen molar-refractivity contribution < 1.29 is 19.5 Å². The zero-order valence-electron chi connectivity index (χ0n) is 15.7. The fourth-order valence-corrected chi connectivity index (χ4v) is 2.97. The lowest BCUT2D eigenvalue weighted by atomic mass is 10.0. The van der Waals surface area contributed by atoms with Crippen molar-refractivity contribution in [3.8, 4) is 0 Å². The number of aliphatic carboxylic acids is 1. The normalized spacial score (nSPS) is 12.9. The molecule has 6 nitrogen and oxygen atoms in total. The van der Waals surface area contributed by atoms with Gasteiger partial charge in [-0.2, -0.15) is 0 Å². The Kier molecular flexibility index (Phi) is 7.58. The number of carboxylic acid groups (broad SMARTS) is 1. The van der Waals surface area contributed by atoms with Gasteiger partial charge in [0.1, 0.15) is 6.04 Å². The molecule has 0 saturated heterocycles. The summed E-state index contributed by atoms with van der Waals surface area (Å²) in [5.74, 6) is -2.24. The van der Waals surface area contributed by atoms with E-state index in [0.717, 1.165) is 5.56 Å². The SMILES string of the molecule is CC(C)C(NC(=O)CC(NC(=O)c1ccccc1Cl)c1ccccc1)C(=O)O. The molecule has 148 valence electrons. The minimum absolute atomic E-state index is 0.100. The molecule has 2 amide bonds. The molecule has 2 unspecified atom stereocenters. The molecule has 7 heteroatoms. The number of hydrogen-bond donors (Lipinski definition) is 3. The first-order valence-corrected chi connectivity index (χ1v) is 9.30. The summed E-state index contributed by atoms with van der Waals surface area (Å²) < 4.78 is 0. The van der Waals surface area contributed by atoms with E-state index in [9.17, 15) is 19.5 Å². The maximum Gasteiger partial charge on any atom is 0.326 e. The Labute approximate surface area is 168 Å². The summed E-state index contributed by atoms with van der Waals surface area (Å²) in [6.07, 6.45) is -0.100. The van der Waals surface area contributed by atoms with Crippen LogP contribution in [0.5, 0.6) is 0 Å². The average Bonchev–Trinajstić information content (AvgIpc) is 2.66. The quantitative estimate of drug-likeness (QED) is 0.630. The number of rotatable bonds is 8. The molecule has 0 spiro atoms. The van der Waals surface area contributed by atoms with E-state index in [2.05, 4.69) is 10.6 Å². The molecule has 2 atom stereocenters. The third-order valence-corrected chi connectivity index (χ3v) is 4.59. The molecule has 0 aliphatic carbocycles. The number of benzene rings is 2. The Morgan fingerprint density at radius 2 is 1.57 bits per heavy atom. The van der Waals surface area contributed by atoms with Crippen molar-refractivity contribution in [2.75, 3.05) is 0 Å². The van der Waals surface area contributed by atoms with Gasteiger partial charge in [-0.3, -0.25) is 9.59 Å². The Hall–Kier alpha value is -2.86. The monoisotopic (exact) mass is 402 g/mol. The molecule has 0 bridgehead atoms. The number of amides is 2. The smallest absolute Gasteiger partial charge is 0.326 e. The van der Waals surface area contributed by atoms with E-state index in [1.807, 2.05) is 6.07 Å². The molecule has 3 N–H and O–H groups in total. The average molecular weight is 403 g/mol. The Balaban J connectivity index is 2.19. The van der Waals surface area contributed by atoms with E-state index in [4.69, 9.17) is 11.6 Å². The molecule has 0 aromatic heterocycles. The highest BCUT2D eigenvalue weighted by atomic mass is 35.5. The molecular weight excluding hydrogens is 380 g/mol. The molecule has 0 fully saturated rings. The van der Waals surface area contributed by atoms with Crippen molar-refractivity contribution >= 4 is 29.4 Å².